The fraction of sp³-hybridized carbons (Fsp3) is 0.348. The van der Waals surface area contributed by atoms with Crippen LogP contribution in [0.2, 0.25) is 0 Å². The fourth-order valence-corrected chi connectivity index (χ4v) is 4.87. The lowest BCUT2D eigenvalue weighted by Gasteiger charge is -2.22. The maximum absolute atomic E-state index is 13.0. The smallest absolute Gasteiger partial charge is 0.387 e. The zero-order valence-corrected chi connectivity index (χ0v) is 20.8. The van der Waals surface area contributed by atoms with Crippen molar-refractivity contribution in [2.24, 2.45) is 0 Å². The monoisotopic (exact) mass is 524 g/mol. The number of nitrogens with zero attached hydrogens (tertiary/aromatic N) is 2. The van der Waals surface area contributed by atoms with Crippen LogP contribution in [0.5, 0.6) is 5.75 Å². The molecule has 1 saturated heterocycles. The molecule has 2 N–H and O–H groups in total. The van der Waals surface area contributed by atoms with Crippen LogP contribution in [-0.4, -0.2) is 61.7 Å². The van der Waals surface area contributed by atoms with E-state index in [1.165, 1.54) is 66.8 Å². The number of amides is 4. The van der Waals surface area contributed by atoms with Crippen molar-refractivity contribution in [2.75, 3.05) is 18.9 Å². The third kappa shape index (κ3) is 5.46. The van der Waals surface area contributed by atoms with E-state index >= 15 is 0 Å². The number of ether oxygens (including phenoxy) is 1. The number of hydrogen-bond acceptors (Lipinski definition) is 6. The molecule has 0 saturated carbocycles. The largest absolute Gasteiger partial charge is 0.435 e. The molecule has 0 spiro atoms. The van der Waals surface area contributed by atoms with Gasteiger partial charge in [0.1, 0.15) is 17.8 Å². The summed E-state index contributed by atoms with van der Waals surface area (Å²) in [4.78, 5) is 38.8. The summed E-state index contributed by atoms with van der Waals surface area (Å²) in [6.07, 6.45) is 0. The highest BCUT2D eigenvalue weighted by molar-refractivity contribution is 7.89. The predicted molar refractivity (Wildman–Crippen MR) is 126 cm³/mol. The number of carbonyl (C=O) groups excluding carboxylic acids is 3. The maximum Gasteiger partial charge on any atom is 0.387 e. The van der Waals surface area contributed by atoms with E-state index in [1.807, 2.05) is 0 Å². The molecule has 1 atom stereocenters. The Kier molecular flexibility index (Phi) is 7.65. The topological polar surface area (TPSA) is 125 Å². The highest BCUT2D eigenvalue weighted by Gasteiger charge is 2.49. The molecule has 3 rings (SSSR count). The van der Waals surface area contributed by atoms with Crippen LogP contribution in [0.1, 0.15) is 26.3 Å². The molecule has 1 aliphatic rings. The second-order valence-corrected chi connectivity index (χ2v) is 10.5. The number of sulfonamides is 1. The molecule has 10 nitrogen and oxygen atoms in total. The van der Waals surface area contributed by atoms with Gasteiger partial charge in [-0.15, -0.1) is 0 Å². The number of hydrogen-bond donors (Lipinski definition) is 2. The maximum atomic E-state index is 13.0. The van der Waals surface area contributed by atoms with Crippen LogP contribution < -0.4 is 15.4 Å². The molecule has 13 heteroatoms. The van der Waals surface area contributed by atoms with Gasteiger partial charge in [0.2, 0.25) is 15.9 Å². The van der Waals surface area contributed by atoms with Gasteiger partial charge >= 0.3 is 12.6 Å². The summed E-state index contributed by atoms with van der Waals surface area (Å²) in [5, 5.41) is 5.04. The van der Waals surface area contributed by atoms with Crippen molar-refractivity contribution in [1.29, 1.82) is 0 Å². The predicted octanol–water partition coefficient (Wildman–Crippen LogP) is 2.72. The minimum Gasteiger partial charge on any atom is -0.435 e. The van der Waals surface area contributed by atoms with Crippen LogP contribution in [0.15, 0.2) is 53.4 Å². The molecule has 2 aromatic rings. The van der Waals surface area contributed by atoms with Crippen LogP contribution in [0.4, 0.5) is 19.3 Å². The van der Waals surface area contributed by atoms with Gasteiger partial charge in [-0.05, 0) is 62.7 Å². The lowest BCUT2D eigenvalue weighted by atomic mass is 9.92. The molecule has 1 aliphatic heterocycles. The van der Waals surface area contributed by atoms with Crippen LogP contribution >= 0.6 is 0 Å². The number of rotatable bonds is 9. The Morgan fingerprint density at radius 2 is 1.69 bits per heavy atom. The van der Waals surface area contributed by atoms with E-state index in [-0.39, 0.29) is 22.4 Å². The third-order valence-corrected chi connectivity index (χ3v) is 7.82. The number of benzene rings is 2. The third-order valence-electron chi connectivity index (χ3n) is 5.78. The zero-order valence-electron chi connectivity index (χ0n) is 20.0. The number of carbonyl (C=O) groups is 3. The molecule has 1 fully saturated rings. The van der Waals surface area contributed by atoms with Crippen molar-refractivity contribution in [3.8, 4) is 5.75 Å². The molecular weight excluding hydrogens is 498 g/mol. The highest BCUT2D eigenvalue weighted by Crippen LogP contribution is 2.30. The van der Waals surface area contributed by atoms with E-state index in [2.05, 4.69) is 15.4 Å². The van der Waals surface area contributed by atoms with Gasteiger partial charge in [-0.1, -0.05) is 12.1 Å². The molecule has 0 radical (unpaired) electrons. The van der Waals surface area contributed by atoms with Crippen LogP contribution in [-0.2, 0) is 25.2 Å². The van der Waals surface area contributed by atoms with Crippen LogP contribution in [0, 0.1) is 0 Å². The first-order valence-electron chi connectivity index (χ1n) is 10.8. The molecule has 194 valence electrons. The summed E-state index contributed by atoms with van der Waals surface area (Å²) < 4.78 is 55.4. The number of nitrogens with one attached hydrogen (secondary N) is 2. The molecule has 1 heterocycles. The summed E-state index contributed by atoms with van der Waals surface area (Å²) in [6.45, 7) is 1.31. The first-order chi connectivity index (χ1) is 16.8. The number of alkyl halides is 2. The quantitative estimate of drug-likeness (QED) is 0.486. The summed E-state index contributed by atoms with van der Waals surface area (Å²) in [5.41, 5.74) is -0.928. The Bertz CT molecular complexity index is 1250. The van der Waals surface area contributed by atoms with E-state index in [4.69, 9.17) is 0 Å². The second-order valence-electron chi connectivity index (χ2n) is 8.54. The molecule has 1 unspecified atom stereocenters. The average Bonchev–Trinajstić information content (AvgIpc) is 3.02. The molecule has 0 aromatic heterocycles. The first-order valence-corrected chi connectivity index (χ1v) is 12.3. The van der Waals surface area contributed by atoms with Crippen molar-refractivity contribution in [3.05, 3.63) is 54.1 Å². The van der Waals surface area contributed by atoms with E-state index in [1.54, 1.807) is 13.8 Å². The Morgan fingerprint density at radius 1 is 1.11 bits per heavy atom. The summed E-state index contributed by atoms with van der Waals surface area (Å²) in [5.74, 6) is -1.50. The normalized spacial score (nSPS) is 18.2. The van der Waals surface area contributed by atoms with Gasteiger partial charge in [0, 0.05) is 18.8 Å². The van der Waals surface area contributed by atoms with Crippen molar-refractivity contribution in [2.45, 2.75) is 43.9 Å². The zero-order chi connectivity index (χ0) is 26.8. The average molecular weight is 525 g/mol. The summed E-state index contributed by atoms with van der Waals surface area (Å²) >= 11 is 0. The minimum atomic E-state index is -3.69. The van der Waals surface area contributed by atoms with Crippen molar-refractivity contribution in [3.63, 3.8) is 0 Å². The van der Waals surface area contributed by atoms with Crippen molar-refractivity contribution < 1.29 is 36.3 Å². The van der Waals surface area contributed by atoms with Gasteiger partial charge in [-0.3, -0.25) is 14.5 Å². The highest BCUT2D eigenvalue weighted by atomic mass is 32.2. The number of imide groups is 1. The number of urea groups is 1. The van der Waals surface area contributed by atoms with Crippen LogP contribution in [0.3, 0.4) is 0 Å². The van der Waals surface area contributed by atoms with E-state index < -0.39 is 46.6 Å². The van der Waals surface area contributed by atoms with Gasteiger partial charge in [0.15, 0.2) is 0 Å². The molecule has 36 heavy (non-hydrogen) atoms. The molecule has 0 bridgehead atoms. The lowest BCUT2D eigenvalue weighted by Crippen LogP contribution is -2.42. The van der Waals surface area contributed by atoms with Gasteiger partial charge in [0.25, 0.3) is 5.91 Å². The Balaban J connectivity index is 1.68. The van der Waals surface area contributed by atoms with Gasteiger partial charge < -0.3 is 15.4 Å². The summed E-state index contributed by atoms with van der Waals surface area (Å²) in [6, 6.07) is 9.66. The lowest BCUT2D eigenvalue weighted by molar-refractivity contribution is -0.133. The SMILES string of the molecule is CC(C)N(C)S(=O)(=O)c1ccc(NC(=O)CN2C(=O)NC(C)(c3ccc(OC(F)F)cc3)C2=O)cc1. The molecule has 4 amide bonds. The standard InChI is InChI=1S/C23H26F2N4O6S/c1-14(2)28(4)36(33,34)18-11-7-16(8-12-18)26-19(30)13-29-20(31)23(3,27-22(29)32)15-5-9-17(10-6-15)35-21(24)25/h5-12,14,21H,13H2,1-4H3,(H,26,30)(H,27,32). The van der Waals surface area contributed by atoms with Crippen molar-refractivity contribution >= 4 is 33.6 Å². The second kappa shape index (κ2) is 10.2. The van der Waals surface area contributed by atoms with E-state index in [0.717, 1.165) is 4.90 Å². The summed E-state index contributed by atoms with van der Waals surface area (Å²) in [7, 11) is -2.23. The number of halogens is 2. The minimum absolute atomic E-state index is 0.0477. The first kappa shape index (κ1) is 27.0. The number of anilines is 1. The van der Waals surface area contributed by atoms with Gasteiger partial charge in [0.05, 0.1) is 4.90 Å². The van der Waals surface area contributed by atoms with E-state index in [9.17, 15) is 31.6 Å². The molecule has 2 aromatic carbocycles. The molecule has 0 aliphatic carbocycles. The Morgan fingerprint density at radius 3 is 2.22 bits per heavy atom. The van der Waals surface area contributed by atoms with Crippen LogP contribution in [0.25, 0.3) is 0 Å². The van der Waals surface area contributed by atoms with E-state index in [0.29, 0.717) is 5.56 Å². The van der Waals surface area contributed by atoms with Gasteiger partial charge in [-0.2, -0.15) is 13.1 Å². The van der Waals surface area contributed by atoms with Gasteiger partial charge in [-0.25, -0.2) is 13.2 Å². The Hall–Kier alpha value is -3.58. The molecular formula is C23H26F2N4O6S. The fourth-order valence-electron chi connectivity index (χ4n) is 3.50. The van der Waals surface area contributed by atoms with Crippen molar-refractivity contribution in [1.82, 2.24) is 14.5 Å². The Labute approximate surface area is 207 Å².